The molecular weight excluding hydrogens is 287 g/mol. The van der Waals surface area contributed by atoms with Gasteiger partial charge in [0.05, 0.1) is 12.2 Å². The maximum atomic E-state index is 9.69. The molecule has 1 aromatic carbocycles. The van der Waals surface area contributed by atoms with Gasteiger partial charge in [-0.3, -0.25) is 10.9 Å². The van der Waals surface area contributed by atoms with Gasteiger partial charge in [-0.1, -0.05) is 12.1 Å². The van der Waals surface area contributed by atoms with Crippen LogP contribution in [0, 0.1) is 0 Å². The molecule has 3 N–H and O–H groups in total. The summed E-state index contributed by atoms with van der Waals surface area (Å²) in [4.78, 5) is 0. The monoisotopic (exact) mass is 314 g/mol. The van der Waals surface area contributed by atoms with Crippen LogP contribution in [-0.4, -0.2) is 30.5 Å². The number of hydrazine groups is 1. The van der Waals surface area contributed by atoms with Crippen molar-refractivity contribution in [3.05, 3.63) is 29.8 Å². The summed E-state index contributed by atoms with van der Waals surface area (Å²) in [5.74, 6) is 0.764. The Morgan fingerprint density at radius 2 is 2.14 bits per heavy atom. The van der Waals surface area contributed by atoms with E-state index in [4.69, 9.17) is 9.26 Å². The fourth-order valence-corrected chi connectivity index (χ4v) is 1.85. The average Bonchev–Trinajstić information content (AvgIpc) is 2.44. The Hall–Kier alpha value is -0.710. The van der Waals surface area contributed by atoms with Crippen LogP contribution >= 0.6 is 9.47 Å². The summed E-state index contributed by atoms with van der Waals surface area (Å²) >= 11 is 0. The van der Waals surface area contributed by atoms with Gasteiger partial charge < -0.3 is 14.4 Å². The summed E-state index contributed by atoms with van der Waals surface area (Å²) in [7, 11) is 2.25. The maximum Gasteiger partial charge on any atom is 0.119 e. The molecule has 0 heterocycles. The van der Waals surface area contributed by atoms with Crippen molar-refractivity contribution < 1.29 is 14.4 Å². The highest BCUT2D eigenvalue weighted by atomic mass is 31.0. The Morgan fingerprint density at radius 1 is 1.38 bits per heavy atom. The first-order valence-corrected chi connectivity index (χ1v) is 7.65. The van der Waals surface area contributed by atoms with E-state index in [9.17, 15) is 5.11 Å². The van der Waals surface area contributed by atoms with E-state index in [0.29, 0.717) is 6.61 Å². The minimum Gasteiger partial charge on any atom is -0.491 e. The summed E-state index contributed by atoms with van der Waals surface area (Å²) < 4.78 is 10.5. The molecule has 21 heavy (non-hydrogen) atoms. The van der Waals surface area contributed by atoms with Crippen molar-refractivity contribution in [3.63, 3.8) is 0 Å². The molecule has 0 aromatic heterocycles. The number of rotatable bonds is 10. The molecule has 2 unspecified atom stereocenters. The highest BCUT2D eigenvalue weighted by molar-refractivity contribution is 7.09. The van der Waals surface area contributed by atoms with Crippen LogP contribution in [0.5, 0.6) is 5.75 Å². The quantitative estimate of drug-likeness (QED) is 0.351. The molecule has 0 aliphatic heterocycles. The van der Waals surface area contributed by atoms with Gasteiger partial charge in [0.2, 0.25) is 0 Å². The van der Waals surface area contributed by atoms with Gasteiger partial charge in [0, 0.05) is 22.1 Å². The van der Waals surface area contributed by atoms with Crippen molar-refractivity contribution in [2.75, 3.05) is 19.8 Å². The minimum absolute atomic E-state index is 0.160. The molecule has 6 heteroatoms. The van der Waals surface area contributed by atoms with Gasteiger partial charge in [-0.25, -0.2) is 0 Å². The number of nitrogens with one attached hydrogen (secondary N) is 2. The Labute approximate surface area is 129 Å². The number of hydrogen-bond donors (Lipinski definition) is 3. The third-order valence-electron chi connectivity index (χ3n) is 2.83. The summed E-state index contributed by atoms with van der Waals surface area (Å²) in [5, 5.41) is 9.69. The van der Waals surface area contributed by atoms with E-state index >= 15 is 0 Å². The summed E-state index contributed by atoms with van der Waals surface area (Å²) in [6.45, 7) is 7.36. The molecule has 2 atom stereocenters. The Kier molecular flexibility index (Phi) is 8.15. The van der Waals surface area contributed by atoms with Crippen LogP contribution < -0.4 is 15.6 Å². The van der Waals surface area contributed by atoms with Gasteiger partial charge in [0.15, 0.2) is 0 Å². The summed E-state index contributed by atoms with van der Waals surface area (Å²) in [5.41, 5.74) is 6.71. The standard InChI is InChI=1S/C15H27N2O3P/c1-12(17-16-8-5-9-20-21)13-6-4-7-14(10-13)19-11-15(2,3)18/h4,6-7,10,12,16-18H,5,8-9,11,21H2,1-3H3. The SMILES string of the molecule is CC(NNCCCOP)c1cccc(OCC(C)(C)O)c1. The largest absolute Gasteiger partial charge is 0.491 e. The van der Waals surface area contributed by atoms with Crippen molar-refractivity contribution >= 4 is 9.47 Å². The second kappa shape index (κ2) is 9.34. The Balaban J connectivity index is 2.43. The van der Waals surface area contributed by atoms with E-state index in [0.717, 1.165) is 24.3 Å². The van der Waals surface area contributed by atoms with Gasteiger partial charge in [0.1, 0.15) is 12.4 Å². The smallest absolute Gasteiger partial charge is 0.119 e. The number of hydrogen-bond acceptors (Lipinski definition) is 5. The Bertz CT molecular complexity index is 410. The van der Waals surface area contributed by atoms with Crippen LogP contribution in [-0.2, 0) is 4.52 Å². The lowest BCUT2D eigenvalue weighted by atomic mass is 10.1. The van der Waals surface area contributed by atoms with Gasteiger partial charge in [-0.05, 0) is 44.9 Å². The van der Waals surface area contributed by atoms with Crippen LogP contribution in [0.25, 0.3) is 0 Å². The highest BCUT2D eigenvalue weighted by Gasteiger charge is 2.13. The maximum absolute atomic E-state index is 9.69. The second-order valence-corrected chi connectivity index (χ2v) is 6.02. The lowest BCUT2D eigenvalue weighted by Crippen LogP contribution is -2.35. The minimum atomic E-state index is -0.832. The van der Waals surface area contributed by atoms with E-state index in [1.807, 2.05) is 24.3 Å². The molecule has 0 aliphatic carbocycles. The van der Waals surface area contributed by atoms with E-state index in [-0.39, 0.29) is 12.6 Å². The molecule has 0 fully saturated rings. The molecule has 0 saturated heterocycles. The molecule has 1 aromatic rings. The first-order valence-electron chi connectivity index (χ1n) is 7.17. The number of benzene rings is 1. The van der Waals surface area contributed by atoms with Crippen LogP contribution in [0.1, 0.15) is 38.8 Å². The van der Waals surface area contributed by atoms with Gasteiger partial charge in [-0.15, -0.1) is 0 Å². The third kappa shape index (κ3) is 8.34. The average molecular weight is 314 g/mol. The predicted molar refractivity (Wildman–Crippen MR) is 88.1 cm³/mol. The summed E-state index contributed by atoms with van der Waals surface area (Å²) in [6, 6.07) is 8.03. The molecular formula is C15H27N2O3P. The lowest BCUT2D eigenvalue weighted by molar-refractivity contribution is 0.0284. The van der Waals surface area contributed by atoms with Crippen LogP contribution in [0.2, 0.25) is 0 Å². The zero-order chi connectivity index (χ0) is 15.7. The molecule has 0 radical (unpaired) electrons. The van der Waals surface area contributed by atoms with Crippen LogP contribution in [0.3, 0.4) is 0 Å². The zero-order valence-electron chi connectivity index (χ0n) is 13.1. The first-order chi connectivity index (χ1) is 9.92. The van der Waals surface area contributed by atoms with Crippen molar-refractivity contribution in [2.45, 2.75) is 38.8 Å². The van der Waals surface area contributed by atoms with Crippen molar-refractivity contribution in [1.82, 2.24) is 10.9 Å². The molecule has 0 bridgehead atoms. The first kappa shape index (κ1) is 18.3. The molecule has 5 nitrogen and oxygen atoms in total. The van der Waals surface area contributed by atoms with E-state index in [1.54, 1.807) is 13.8 Å². The predicted octanol–water partition coefficient (Wildman–Crippen LogP) is 2.19. The van der Waals surface area contributed by atoms with Crippen molar-refractivity contribution in [3.8, 4) is 5.75 Å². The van der Waals surface area contributed by atoms with Crippen LogP contribution in [0.15, 0.2) is 24.3 Å². The van der Waals surface area contributed by atoms with E-state index in [1.165, 1.54) is 0 Å². The Morgan fingerprint density at radius 3 is 2.81 bits per heavy atom. The lowest BCUT2D eigenvalue weighted by Gasteiger charge is -2.19. The molecule has 0 amide bonds. The second-order valence-electron chi connectivity index (χ2n) is 5.69. The van der Waals surface area contributed by atoms with Gasteiger partial charge in [-0.2, -0.15) is 0 Å². The fraction of sp³-hybridized carbons (Fsp3) is 0.600. The molecule has 1 rings (SSSR count). The van der Waals surface area contributed by atoms with E-state index < -0.39 is 5.60 Å². The normalized spacial score (nSPS) is 13.2. The molecule has 0 aliphatic rings. The number of ether oxygens (including phenoxy) is 1. The van der Waals surface area contributed by atoms with Crippen molar-refractivity contribution in [2.24, 2.45) is 0 Å². The highest BCUT2D eigenvalue weighted by Crippen LogP contribution is 2.19. The van der Waals surface area contributed by atoms with Gasteiger partial charge in [0.25, 0.3) is 0 Å². The van der Waals surface area contributed by atoms with Crippen LogP contribution in [0.4, 0.5) is 0 Å². The molecule has 0 saturated carbocycles. The third-order valence-corrected chi connectivity index (χ3v) is 3.07. The van der Waals surface area contributed by atoms with Crippen molar-refractivity contribution in [1.29, 1.82) is 0 Å². The fourth-order valence-electron chi connectivity index (χ4n) is 1.69. The number of aliphatic hydroxyl groups is 1. The molecule has 0 spiro atoms. The summed E-state index contributed by atoms with van der Waals surface area (Å²) in [6.07, 6.45) is 0.942. The van der Waals surface area contributed by atoms with Gasteiger partial charge >= 0.3 is 0 Å². The topological polar surface area (TPSA) is 62.8 Å². The molecule has 120 valence electrons. The zero-order valence-corrected chi connectivity index (χ0v) is 14.2. The van der Waals surface area contributed by atoms with E-state index in [2.05, 4.69) is 27.2 Å².